The molecule has 0 unspecified atom stereocenters. The lowest BCUT2D eigenvalue weighted by atomic mass is 10.1. The van der Waals surface area contributed by atoms with Crippen molar-refractivity contribution in [1.82, 2.24) is 14.9 Å². The van der Waals surface area contributed by atoms with E-state index < -0.39 is 17.8 Å². The Balaban J connectivity index is 1.76. The predicted molar refractivity (Wildman–Crippen MR) is 121 cm³/mol. The largest absolute Gasteiger partial charge is 0.416 e. The number of halogens is 3. The predicted octanol–water partition coefficient (Wildman–Crippen LogP) is 4.69. The Labute approximate surface area is 191 Å². The minimum atomic E-state index is -4.41. The zero-order valence-corrected chi connectivity index (χ0v) is 18.8. The fourth-order valence-corrected chi connectivity index (χ4v) is 4.64. The van der Waals surface area contributed by atoms with Crippen LogP contribution in [0.2, 0.25) is 0 Å². The highest BCUT2D eigenvalue weighted by atomic mass is 32.1. The Hall–Kier alpha value is -2.95. The molecule has 0 saturated heterocycles. The second-order valence-electron chi connectivity index (χ2n) is 7.63. The van der Waals surface area contributed by atoms with Crippen LogP contribution in [0.1, 0.15) is 27.3 Å². The van der Waals surface area contributed by atoms with Crippen molar-refractivity contribution in [3.8, 4) is 5.69 Å². The molecule has 0 saturated carbocycles. The number of aryl methyl sites for hydroxylation is 1. The normalized spacial score (nSPS) is 13.0. The third-order valence-corrected chi connectivity index (χ3v) is 6.34. The molecule has 0 aliphatic heterocycles. The summed E-state index contributed by atoms with van der Waals surface area (Å²) in [5.41, 5.74) is 1.59. The van der Waals surface area contributed by atoms with Gasteiger partial charge in [-0.3, -0.25) is 9.36 Å². The summed E-state index contributed by atoms with van der Waals surface area (Å²) in [6.07, 6.45) is -3.94. The number of carbonyl (C=O) groups is 1. The van der Waals surface area contributed by atoms with Gasteiger partial charge in [0.2, 0.25) is 0 Å². The molecule has 1 atom stereocenters. The number of benzene rings is 2. The van der Waals surface area contributed by atoms with Crippen LogP contribution in [0.4, 0.5) is 13.2 Å². The van der Waals surface area contributed by atoms with Gasteiger partial charge in [-0.2, -0.15) is 13.2 Å². The first-order valence-corrected chi connectivity index (χ1v) is 11.0. The maximum atomic E-state index is 13.0. The monoisotopic (exact) mass is 477 g/mol. The topological polar surface area (TPSA) is 76.4 Å². The lowest BCUT2D eigenvalue weighted by Gasteiger charge is -2.16. The number of hydrogen-bond donors (Lipinski definition) is 2. The van der Waals surface area contributed by atoms with Crippen LogP contribution in [-0.4, -0.2) is 46.9 Å². The number of methoxy groups -OCH3 is 1. The molecule has 4 rings (SSSR count). The second kappa shape index (κ2) is 9.12. The number of carbonyl (C=O) groups excluding carboxylic acids is 1. The van der Waals surface area contributed by atoms with E-state index in [2.05, 4.69) is 10.3 Å². The average Bonchev–Trinajstić information content (AvgIpc) is 3.30. The first kappa shape index (κ1) is 23.2. The molecule has 6 nitrogen and oxygen atoms in total. The summed E-state index contributed by atoms with van der Waals surface area (Å²) >= 11 is 1.45. The van der Waals surface area contributed by atoms with Gasteiger partial charge in [0.25, 0.3) is 5.91 Å². The molecule has 0 spiro atoms. The molecule has 0 radical (unpaired) electrons. The van der Waals surface area contributed by atoms with Crippen LogP contribution in [0.15, 0.2) is 42.5 Å². The molecule has 0 aliphatic rings. The number of alkyl halides is 3. The van der Waals surface area contributed by atoms with Gasteiger partial charge in [-0.15, -0.1) is 11.3 Å². The molecule has 2 N–H and O–H groups in total. The quantitative estimate of drug-likeness (QED) is 0.405. The molecule has 2 aromatic heterocycles. The Morgan fingerprint density at radius 3 is 2.61 bits per heavy atom. The number of amides is 1. The Morgan fingerprint density at radius 1 is 1.24 bits per heavy atom. The van der Waals surface area contributed by atoms with Crippen molar-refractivity contribution in [3.05, 3.63) is 58.6 Å². The molecule has 2 aromatic carbocycles. The number of hydrogen-bond acceptors (Lipinski definition) is 5. The zero-order chi connectivity index (χ0) is 23.8. The van der Waals surface area contributed by atoms with Crippen LogP contribution in [-0.2, 0) is 10.9 Å². The maximum absolute atomic E-state index is 13.0. The van der Waals surface area contributed by atoms with Crippen molar-refractivity contribution < 1.29 is 27.8 Å². The van der Waals surface area contributed by atoms with E-state index in [1.165, 1.54) is 23.5 Å². The number of nitrogens with zero attached hydrogens (tertiary/aromatic N) is 2. The molecule has 0 aliphatic carbocycles. The minimum Gasteiger partial charge on any atom is -0.394 e. The van der Waals surface area contributed by atoms with E-state index >= 15 is 0 Å². The lowest BCUT2D eigenvalue weighted by molar-refractivity contribution is -0.137. The highest BCUT2D eigenvalue weighted by molar-refractivity contribution is 7.19. The highest BCUT2D eigenvalue weighted by Crippen LogP contribution is 2.37. The van der Waals surface area contributed by atoms with E-state index in [1.54, 1.807) is 29.9 Å². The molecule has 0 fully saturated rings. The molecule has 4 aromatic rings. The van der Waals surface area contributed by atoms with Crippen LogP contribution in [0.25, 0.3) is 26.9 Å². The number of thiazole rings is 1. The molecular formula is C23H22F3N3O3S. The molecular weight excluding hydrogens is 455 g/mol. The van der Waals surface area contributed by atoms with Gasteiger partial charge in [0, 0.05) is 30.4 Å². The van der Waals surface area contributed by atoms with E-state index in [0.717, 1.165) is 32.7 Å². The van der Waals surface area contributed by atoms with E-state index in [0.29, 0.717) is 29.9 Å². The highest BCUT2D eigenvalue weighted by Gasteiger charge is 2.30. The van der Waals surface area contributed by atoms with Gasteiger partial charge in [0.1, 0.15) is 0 Å². The van der Waals surface area contributed by atoms with Crippen LogP contribution in [0.5, 0.6) is 0 Å². The first-order chi connectivity index (χ1) is 15.7. The average molecular weight is 478 g/mol. The van der Waals surface area contributed by atoms with Crippen LogP contribution < -0.4 is 5.32 Å². The molecule has 1 amide bonds. The van der Waals surface area contributed by atoms with Crippen molar-refractivity contribution in [2.75, 3.05) is 20.3 Å². The van der Waals surface area contributed by atoms with Crippen molar-refractivity contribution >= 4 is 38.5 Å². The van der Waals surface area contributed by atoms with Gasteiger partial charge >= 0.3 is 6.18 Å². The van der Waals surface area contributed by atoms with Gasteiger partial charge in [-0.1, -0.05) is 0 Å². The number of aliphatic hydroxyl groups is 1. The third-order valence-electron chi connectivity index (χ3n) is 5.35. The van der Waals surface area contributed by atoms with Gasteiger partial charge in [-0.25, -0.2) is 4.98 Å². The van der Waals surface area contributed by atoms with E-state index in [1.807, 2.05) is 6.92 Å². The van der Waals surface area contributed by atoms with Crippen molar-refractivity contribution in [2.45, 2.75) is 25.6 Å². The van der Waals surface area contributed by atoms with Gasteiger partial charge < -0.3 is 15.2 Å². The number of aromatic nitrogens is 2. The number of fused-ring (bicyclic) bond motifs is 3. The first-order valence-electron chi connectivity index (χ1n) is 10.2. The van der Waals surface area contributed by atoms with Gasteiger partial charge in [-0.05, 0) is 55.8 Å². The zero-order valence-electron chi connectivity index (χ0n) is 17.9. The van der Waals surface area contributed by atoms with Gasteiger partial charge in [0.05, 0.1) is 33.4 Å². The van der Waals surface area contributed by atoms with E-state index in [9.17, 15) is 23.1 Å². The summed E-state index contributed by atoms with van der Waals surface area (Å²) in [7, 11) is 1.55. The molecule has 33 heavy (non-hydrogen) atoms. The second-order valence-corrected chi connectivity index (χ2v) is 8.84. The summed E-state index contributed by atoms with van der Waals surface area (Å²) in [4.78, 5) is 17.4. The van der Waals surface area contributed by atoms with Crippen molar-refractivity contribution in [1.29, 1.82) is 0 Å². The summed E-state index contributed by atoms with van der Waals surface area (Å²) < 4.78 is 46.6. The minimum absolute atomic E-state index is 0.208. The molecule has 0 bridgehead atoms. The number of aliphatic hydroxyl groups excluding tert-OH is 1. The van der Waals surface area contributed by atoms with Crippen LogP contribution >= 0.6 is 11.3 Å². The standard InChI is InChI=1S/C23H22F3N3O3S/c1-13-27-21-20(33-13)18-11-14(22(31)28-16(12-30)9-10-32-2)3-8-19(18)29(21)17-6-4-15(5-7-17)23(24,25)26/h3-8,11,16,30H,9-10,12H2,1-2H3,(H,28,31)/t16-/m0/s1. The fraction of sp³-hybridized carbons (Fsp3) is 0.304. The number of rotatable bonds is 7. The van der Waals surface area contributed by atoms with E-state index in [4.69, 9.17) is 4.74 Å². The van der Waals surface area contributed by atoms with Crippen LogP contribution in [0, 0.1) is 6.92 Å². The Morgan fingerprint density at radius 2 is 1.97 bits per heavy atom. The maximum Gasteiger partial charge on any atom is 0.416 e. The van der Waals surface area contributed by atoms with Crippen LogP contribution in [0.3, 0.4) is 0 Å². The summed E-state index contributed by atoms with van der Waals surface area (Å²) in [6.45, 7) is 2.05. The van der Waals surface area contributed by atoms with Gasteiger partial charge in [0.15, 0.2) is 5.65 Å². The molecule has 174 valence electrons. The summed E-state index contributed by atoms with van der Waals surface area (Å²) in [5, 5.41) is 13.9. The SMILES string of the molecule is COCC[C@@H](CO)NC(=O)c1ccc2c(c1)c1sc(C)nc1n2-c1ccc(C(F)(F)F)cc1. The number of ether oxygens (including phenoxy) is 1. The fourth-order valence-electron chi connectivity index (χ4n) is 3.71. The summed E-state index contributed by atoms with van der Waals surface area (Å²) in [5.74, 6) is -0.330. The molecule has 10 heteroatoms. The van der Waals surface area contributed by atoms with E-state index in [-0.39, 0.29) is 12.5 Å². The molecule has 2 heterocycles. The van der Waals surface area contributed by atoms with Crippen molar-refractivity contribution in [2.24, 2.45) is 0 Å². The lowest BCUT2D eigenvalue weighted by Crippen LogP contribution is -2.38. The van der Waals surface area contributed by atoms with Crippen molar-refractivity contribution in [3.63, 3.8) is 0 Å². The number of nitrogens with one attached hydrogen (secondary N) is 1. The Bertz CT molecular complexity index is 1300. The Kier molecular flexibility index (Phi) is 6.42. The smallest absolute Gasteiger partial charge is 0.394 e. The third kappa shape index (κ3) is 4.59. The summed E-state index contributed by atoms with van der Waals surface area (Å²) in [6, 6.07) is 9.64.